The molecule has 0 saturated heterocycles. The van der Waals surface area contributed by atoms with Gasteiger partial charge in [-0.25, -0.2) is 0 Å². The summed E-state index contributed by atoms with van der Waals surface area (Å²) in [5, 5.41) is 0. The fourth-order valence-electron chi connectivity index (χ4n) is 1.61. The van der Waals surface area contributed by atoms with Gasteiger partial charge in [-0.1, -0.05) is 0 Å². The van der Waals surface area contributed by atoms with Crippen LogP contribution >= 0.6 is 0 Å². The SMILES string of the molecule is CC(C)N1Cc2ccncc2C1. The van der Waals surface area contributed by atoms with Crippen LogP contribution in [0.5, 0.6) is 0 Å². The van der Waals surface area contributed by atoms with E-state index < -0.39 is 0 Å². The third-order valence-corrected chi connectivity index (χ3v) is 2.48. The van der Waals surface area contributed by atoms with Crippen LogP contribution in [0.25, 0.3) is 0 Å². The maximum absolute atomic E-state index is 4.12. The third kappa shape index (κ3) is 1.23. The number of rotatable bonds is 1. The molecule has 0 atom stereocenters. The second-order valence-corrected chi connectivity index (χ2v) is 3.64. The average Bonchev–Trinajstić information content (AvgIpc) is 2.46. The van der Waals surface area contributed by atoms with Crippen molar-refractivity contribution >= 4 is 0 Å². The first-order valence-corrected chi connectivity index (χ1v) is 4.43. The van der Waals surface area contributed by atoms with Crippen LogP contribution in [-0.4, -0.2) is 15.9 Å². The molecule has 1 aliphatic rings. The normalized spacial score (nSPS) is 16.9. The van der Waals surface area contributed by atoms with Gasteiger partial charge in [0, 0.05) is 31.5 Å². The van der Waals surface area contributed by atoms with E-state index in [1.165, 1.54) is 11.1 Å². The summed E-state index contributed by atoms with van der Waals surface area (Å²) in [4.78, 5) is 6.57. The van der Waals surface area contributed by atoms with Gasteiger partial charge >= 0.3 is 0 Å². The fourth-order valence-corrected chi connectivity index (χ4v) is 1.61. The van der Waals surface area contributed by atoms with E-state index in [0.717, 1.165) is 13.1 Å². The highest BCUT2D eigenvalue weighted by atomic mass is 15.2. The monoisotopic (exact) mass is 162 g/mol. The summed E-state index contributed by atoms with van der Waals surface area (Å²) in [5.41, 5.74) is 2.84. The summed E-state index contributed by atoms with van der Waals surface area (Å²) in [5.74, 6) is 0. The zero-order valence-electron chi connectivity index (χ0n) is 7.62. The van der Waals surface area contributed by atoms with Crippen LogP contribution in [-0.2, 0) is 13.1 Å². The Balaban J connectivity index is 2.22. The molecule has 2 heteroatoms. The largest absolute Gasteiger partial charge is 0.292 e. The van der Waals surface area contributed by atoms with E-state index >= 15 is 0 Å². The van der Waals surface area contributed by atoms with Crippen molar-refractivity contribution in [3.05, 3.63) is 29.6 Å². The van der Waals surface area contributed by atoms with Crippen LogP contribution in [0.15, 0.2) is 18.5 Å². The van der Waals surface area contributed by atoms with Crippen molar-refractivity contribution in [1.82, 2.24) is 9.88 Å². The molecule has 2 rings (SSSR count). The van der Waals surface area contributed by atoms with E-state index in [2.05, 4.69) is 29.8 Å². The molecule has 1 aromatic rings. The average molecular weight is 162 g/mol. The van der Waals surface area contributed by atoms with E-state index in [4.69, 9.17) is 0 Å². The number of pyridine rings is 1. The molecule has 0 aromatic carbocycles. The van der Waals surface area contributed by atoms with Gasteiger partial charge in [0.15, 0.2) is 0 Å². The second kappa shape index (κ2) is 2.87. The summed E-state index contributed by atoms with van der Waals surface area (Å²) in [6, 6.07) is 2.76. The van der Waals surface area contributed by atoms with Crippen LogP contribution in [0.2, 0.25) is 0 Å². The zero-order chi connectivity index (χ0) is 8.55. The summed E-state index contributed by atoms with van der Waals surface area (Å²) in [6.45, 7) is 6.63. The second-order valence-electron chi connectivity index (χ2n) is 3.64. The third-order valence-electron chi connectivity index (χ3n) is 2.48. The summed E-state index contributed by atoms with van der Waals surface area (Å²) in [7, 11) is 0. The minimum atomic E-state index is 0.636. The van der Waals surface area contributed by atoms with Crippen molar-refractivity contribution < 1.29 is 0 Å². The van der Waals surface area contributed by atoms with Crippen molar-refractivity contribution in [2.24, 2.45) is 0 Å². The topological polar surface area (TPSA) is 16.1 Å². The lowest BCUT2D eigenvalue weighted by atomic mass is 10.2. The van der Waals surface area contributed by atoms with Gasteiger partial charge in [-0.15, -0.1) is 0 Å². The molecule has 0 N–H and O–H groups in total. The predicted octanol–water partition coefficient (Wildman–Crippen LogP) is 1.81. The van der Waals surface area contributed by atoms with Gasteiger partial charge in [-0.2, -0.15) is 0 Å². The molecule has 0 aliphatic carbocycles. The van der Waals surface area contributed by atoms with Gasteiger partial charge in [0.05, 0.1) is 0 Å². The Bertz CT molecular complexity index is 256. The Kier molecular flexibility index (Phi) is 1.85. The highest BCUT2D eigenvalue weighted by Gasteiger charge is 2.20. The van der Waals surface area contributed by atoms with E-state index in [0.29, 0.717) is 6.04 Å². The van der Waals surface area contributed by atoms with Crippen molar-refractivity contribution in [2.75, 3.05) is 0 Å². The van der Waals surface area contributed by atoms with Gasteiger partial charge in [0.2, 0.25) is 0 Å². The maximum Gasteiger partial charge on any atom is 0.0316 e. The molecule has 1 aliphatic heterocycles. The molecule has 64 valence electrons. The molecule has 2 heterocycles. The number of aromatic nitrogens is 1. The molecule has 0 bridgehead atoms. The maximum atomic E-state index is 4.12. The first kappa shape index (κ1) is 7.74. The minimum Gasteiger partial charge on any atom is -0.292 e. The number of hydrogen-bond acceptors (Lipinski definition) is 2. The van der Waals surface area contributed by atoms with Gasteiger partial charge in [-0.3, -0.25) is 9.88 Å². The lowest BCUT2D eigenvalue weighted by molar-refractivity contribution is 0.227. The molecule has 0 amide bonds. The van der Waals surface area contributed by atoms with E-state index in [1.807, 2.05) is 12.4 Å². The van der Waals surface area contributed by atoms with E-state index in [9.17, 15) is 0 Å². The molecule has 0 radical (unpaired) electrons. The highest BCUT2D eigenvalue weighted by Crippen LogP contribution is 2.22. The Morgan fingerprint density at radius 3 is 2.75 bits per heavy atom. The van der Waals surface area contributed by atoms with Gasteiger partial charge in [0.1, 0.15) is 0 Å². The van der Waals surface area contributed by atoms with Crippen LogP contribution in [0, 0.1) is 0 Å². The lowest BCUT2D eigenvalue weighted by Gasteiger charge is -2.18. The molecule has 2 nitrogen and oxygen atoms in total. The fraction of sp³-hybridized carbons (Fsp3) is 0.500. The molecule has 0 fully saturated rings. The number of nitrogens with zero attached hydrogens (tertiary/aromatic N) is 2. The highest BCUT2D eigenvalue weighted by molar-refractivity contribution is 5.26. The number of hydrogen-bond donors (Lipinski definition) is 0. The summed E-state index contributed by atoms with van der Waals surface area (Å²) < 4.78 is 0. The predicted molar refractivity (Wildman–Crippen MR) is 48.6 cm³/mol. The quantitative estimate of drug-likeness (QED) is 0.626. The molecular formula is C10H14N2. The Morgan fingerprint density at radius 2 is 2.08 bits per heavy atom. The first-order chi connectivity index (χ1) is 5.77. The minimum absolute atomic E-state index is 0.636. The number of fused-ring (bicyclic) bond motifs is 1. The van der Waals surface area contributed by atoms with Crippen molar-refractivity contribution in [2.45, 2.75) is 33.0 Å². The molecule has 12 heavy (non-hydrogen) atoms. The van der Waals surface area contributed by atoms with Crippen LogP contribution < -0.4 is 0 Å². The van der Waals surface area contributed by atoms with Gasteiger partial charge < -0.3 is 0 Å². The van der Waals surface area contributed by atoms with Crippen molar-refractivity contribution in [3.8, 4) is 0 Å². The van der Waals surface area contributed by atoms with Crippen LogP contribution in [0.4, 0.5) is 0 Å². The lowest BCUT2D eigenvalue weighted by Crippen LogP contribution is -2.24. The van der Waals surface area contributed by atoms with Gasteiger partial charge in [-0.05, 0) is 31.0 Å². The Morgan fingerprint density at radius 1 is 1.33 bits per heavy atom. The molecular weight excluding hydrogens is 148 g/mol. The van der Waals surface area contributed by atoms with Gasteiger partial charge in [0.25, 0.3) is 0 Å². The van der Waals surface area contributed by atoms with E-state index in [-0.39, 0.29) is 0 Å². The molecule has 0 spiro atoms. The smallest absolute Gasteiger partial charge is 0.0316 e. The Labute approximate surface area is 73.2 Å². The molecule has 1 aromatic heterocycles. The van der Waals surface area contributed by atoms with Crippen LogP contribution in [0.3, 0.4) is 0 Å². The van der Waals surface area contributed by atoms with Crippen molar-refractivity contribution in [3.63, 3.8) is 0 Å². The Hall–Kier alpha value is -0.890. The van der Waals surface area contributed by atoms with Crippen LogP contribution in [0.1, 0.15) is 25.0 Å². The first-order valence-electron chi connectivity index (χ1n) is 4.43. The zero-order valence-corrected chi connectivity index (χ0v) is 7.62. The van der Waals surface area contributed by atoms with E-state index in [1.54, 1.807) is 0 Å². The summed E-state index contributed by atoms with van der Waals surface area (Å²) >= 11 is 0. The standard InChI is InChI=1S/C10H14N2/c1-8(2)12-6-9-3-4-11-5-10(9)7-12/h3-5,8H,6-7H2,1-2H3. The molecule has 0 saturated carbocycles. The van der Waals surface area contributed by atoms with Crippen molar-refractivity contribution in [1.29, 1.82) is 0 Å². The summed E-state index contributed by atoms with van der Waals surface area (Å²) in [6.07, 6.45) is 3.86. The molecule has 0 unspecified atom stereocenters.